The lowest BCUT2D eigenvalue weighted by molar-refractivity contribution is -0.394. The average molecular weight is 405 g/mol. The zero-order chi connectivity index (χ0) is 21.6. The first-order chi connectivity index (χ1) is 13.7. The smallest absolute Gasteiger partial charge is 0.339 e. The van der Waals surface area contributed by atoms with E-state index < -0.39 is 32.6 Å². The summed E-state index contributed by atoms with van der Waals surface area (Å²) < 4.78 is 10.4. The molecule has 1 heterocycles. The van der Waals surface area contributed by atoms with Gasteiger partial charge in [0.05, 0.1) is 33.8 Å². The quantitative estimate of drug-likeness (QED) is 0.379. The Bertz CT molecular complexity index is 951. The number of aromatic amines is 1. The maximum Gasteiger partial charge on any atom is 0.339 e. The van der Waals surface area contributed by atoms with E-state index in [9.17, 15) is 29.8 Å². The SMILES string of the molecule is CC(C)CCOc1c[nH]c(COC(=O)c2cc([N+](=O)[O-])cc([N+](=O)[O-])c2)cc1=O. The fourth-order valence-electron chi connectivity index (χ4n) is 2.25. The van der Waals surface area contributed by atoms with Crippen molar-refractivity contribution in [2.24, 2.45) is 5.92 Å². The first-order valence-corrected chi connectivity index (χ1v) is 8.62. The molecule has 0 atom stereocenters. The molecule has 0 radical (unpaired) electrons. The maximum atomic E-state index is 12.1. The lowest BCUT2D eigenvalue weighted by Gasteiger charge is -2.09. The number of rotatable bonds is 9. The molecule has 0 bridgehead atoms. The number of hydrogen-bond acceptors (Lipinski definition) is 8. The molecule has 0 unspecified atom stereocenters. The second kappa shape index (κ2) is 9.44. The number of pyridine rings is 1. The van der Waals surface area contributed by atoms with Gasteiger partial charge in [-0.25, -0.2) is 4.79 Å². The average Bonchev–Trinajstić information content (AvgIpc) is 2.66. The number of nitrogens with zero attached hydrogens (tertiary/aromatic N) is 2. The number of nitro groups is 2. The number of ether oxygens (including phenoxy) is 2. The Hall–Kier alpha value is -3.76. The fourth-order valence-corrected chi connectivity index (χ4v) is 2.25. The van der Waals surface area contributed by atoms with Crippen LogP contribution >= 0.6 is 0 Å². The second-order valence-corrected chi connectivity index (χ2v) is 6.55. The lowest BCUT2D eigenvalue weighted by Crippen LogP contribution is -2.13. The van der Waals surface area contributed by atoms with Crippen LogP contribution in [0.15, 0.2) is 35.3 Å². The van der Waals surface area contributed by atoms with Crippen molar-refractivity contribution in [3.8, 4) is 5.75 Å². The Morgan fingerprint density at radius 2 is 1.72 bits per heavy atom. The molecule has 0 saturated carbocycles. The Morgan fingerprint density at radius 1 is 1.10 bits per heavy atom. The van der Waals surface area contributed by atoms with Crippen molar-refractivity contribution in [2.45, 2.75) is 26.9 Å². The highest BCUT2D eigenvalue weighted by Crippen LogP contribution is 2.23. The second-order valence-electron chi connectivity index (χ2n) is 6.55. The Morgan fingerprint density at radius 3 is 2.24 bits per heavy atom. The van der Waals surface area contributed by atoms with Gasteiger partial charge in [-0.05, 0) is 12.3 Å². The first-order valence-electron chi connectivity index (χ1n) is 8.62. The van der Waals surface area contributed by atoms with Crippen LogP contribution in [0.1, 0.15) is 36.3 Å². The van der Waals surface area contributed by atoms with E-state index in [4.69, 9.17) is 9.47 Å². The Labute approximate surface area is 164 Å². The molecule has 29 heavy (non-hydrogen) atoms. The molecule has 11 heteroatoms. The van der Waals surface area contributed by atoms with Crippen molar-refractivity contribution in [3.05, 3.63) is 72.2 Å². The van der Waals surface area contributed by atoms with Gasteiger partial charge in [0.1, 0.15) is 6.61 Å². The number of non-ortho nitro benzene ring substituents is 2. The van der Waals surface area contributed by atoms with Crippen LogP contribution in [-0.2, 0) is 11.3 Å². The van der Waals surface area contributed by atoms with Gasteiger partial charge in [-0.1, -0.05) is 13.8 Å². The molecular weight excluding hydrogens is 386 g/mol. The molecule has 0 aliphatic rings. The Balaban J connectivity index is 2.07. The van der Waals surface area contributed by atoms with Gasteiger partial charge in [0.2, 0.25) is 5.43 Å². The van der Waals surface area contributed by atoms with Crippen molar-refractivity contribution in [3.63, 3.8) is 0 Å². The summed E-state index contributed by atoms with van der Waals surface area (Å²) in [6, 6.07) is 3.70. The molecule has 1 aromatic heterocycles. The summed E-state index contributed by atoms with van der Waals surface area (Å²) >= 11 is 0. The number of aromatic nitrogens is 1. The van der Waals surface area contributed by atoms with Crippen LogP contribution in [0.5, 0.6) is 5.75 Å². The van der Waals surface area contributed by atoms with E-state index in [2.05, 4.69) is 4.98 Å². The van der Waals surface area contributed by atoms with Crippen molar-refractivity contribution < 1.29 is 24.1 Å². The lowest BCUT2D eigenvalue weighted by atomic mass is 10.1. The molecule has 1 aromatic carbocycles. The summed E-state index contributed by atoms with van der Waals surface area (Å²) in [4.78, 5) is 47.0. The van der Waals surface area contributed by atoms with Crippen molar-refractivity contribution in [2.75, 3.05) is 6.61 Å². The third kappa shape index (κ3) is 6.13. The normalized spacial score (nSPS) is 10.6. The number of carbonyl (C=O) groups excluding carboxylic acids is 1. The van der Waals surface area contributed by atoms with Gasteiger partial charge in [0.25, 0.3) is 11.4 Å². The maximum absolute atomic E-state index is 12.1. The number of esters is 1. The molecule has 0 spiro atoms. The number of nitrogens with one attached hydrogen (secondary N) is 1. The highest BCUT2D eigenvalue weighted by Gasteiger charge is 2.21. The summed E-state index contributed by atoms with van der Waals surface area (Å²) in [6.45, 7) is 4.11. The molecule has 2 aromatic rings. The third-order valence-electron chi connectivity index (χ3n) is 3.81. The summed E-state index contributed by atoms with van der Waals surface area (Å²) in [7, 11) is 0. The Kier molecular flexibility index (Phi) is 7.01. The molecule has 1 N–H and O–H groups in total. The summed E-state index contributed by atoms with van der Waals surface area (Å²) in [5.41, 5.74) is -1.70. The predicted octanol–water partition coefficient (Wildman–Crippen LogP) is 2.97. The van der Waals surface area contributed by atoms with E-state index in [-0.39, 0.29) is 23.6 Å². The number of hydrogen-bond donors (Lipinski definition) is 1. The molecule has 0 fully saturated rings. The van der Waals surface area contributed by atoms with Crippen LogP contribution in [0, 0.1) is 26.1 Å². The number of nitro benzene ring substituents is 2. The van der Waals surface area contributed by atoms with Crippen LogP contribution in [-0.4, -0.2) is 27.4 Å². The molecule has 0 aliphatic carbocycles. The molecule has 11 nitrogen and oxygen atoms in total. The van der Waals surface area contributed by atoms with Crippen molar-refractivity contribution in [1.82, 2.24) is 4.98 Å². The fraction of sp³-hybridized carbons (Fsp3) is 0.333. The zero-order valence-electron chi connectivity index (χ0n) is 15.7. The number of carbonyl (C=O) groups is 1. The topological polar surface area (TPSA) is 155 Å². The van der Waals surface area contributed by atoms with Crippen LogP contribution in [0.3, 0.4) is 0 Å². The largest absolute Gasteiger partial charge is 0.488 e. The minimum Gasteiger partial charge on any atom is -0.488 e. The molecule has 0 saturated heterocycles. The van der Waals surface area contributed by atoms with Gasteiger partial charge in [-0.2, -0.15) is 0 Å². The molecule has 154 valence electrons. The first kappa shape index (κ1) is 21.5. The van der Waals surface area contributed by atoms with Gasteiger partial charge in [0.15, 0.2) is 5.75 Å². The highest BCUT2D eigenvalue weighted by molar-refractivity contribution is 5.91. The van der Waals surface area contributed by atoms with Crippen LogP contribution in [0.2, 0.25) is 0 Å². The number of benzene rings is 1. The van der Waals surface area contributed by atoms with Gasteiger partial charge in [-0.15, -0.1) is 0 Å². The van der Waals surface area contributed by atoms with E-state index in [0.717, 1.165) is 24.6 Å². The van der Waals surface area contributed by atoms with Crippen molar-refractivity contribution in [1.29, 1.82) is 0 Å². The minimum atomic E-state index is -1.00. The standard InChI is InChI=1S/C18H19N3O8/c1-11(2)3-4-28-17-9-19-13(7-16(17)22)10-29-18(23)12-5-14(20(24)25)8-15(6-12)21(26)27/h5-9,11H,3-4,10H2,1-2H3,(H,19,22). The summed E-state index contributed by atoms with van der Waals surface area (Å²) in [5, 5.41) is 21.8. The number of H-pyrrole nitrogens is 1. The van der Waals surface area contributed by atoms with E-state index in [0.29, 0.717) is 12.5 Å². The van der Waals surface area contributed by atoms with E-state index >= 15 is 0 Å². The predicted molar refractivity (Wildman–Crippen MR) is 101 cm³/mol. The third-order valence-corrected chi connectivity index (χ3v) is 3.81. The summed E-state index contributed by atoms with van der Waals surface area (Å²) in [6.07, 6.45) is 2.14. The molecule has 0 amide bonds. The zero-order valence-corrected chi connectivity index (χ0v) is 15.7. The van der Waals surface area contributed by atoms with Crippen LogP contribution in [0.25, 0.3) is 0 Å². The van der Waals surface area contributed by atoms with Crippen molar-refractivity contribution >= 4 is 17.3 Å². The molecular formula is C18H19N3O8. The molecule has 0 aliphatic heterocycles. The van der Waals surface area contributed by atoms with Gasteiger partial charge >= 0.3 is 5.97 Å². The van der Waals surface area contributed by atoms with E-state index in [1.165, 1.54) is 12.3 Å². The van der Waals surface area contributed by atoms with Crippen LogP contribution < -0.4 is 10.2 Å². The van der Waals surface area contributed by atoms with Gasteiger partial charge in [-0.3, -0.25) is 25.0 Å². The molecule has 2 rings (SSSR count). The summed E-state index contributed by atoms with van der Waals surface area (Å²) in [5.74, 6) is -0.442. The minimum absolute atomic E-state index is 0.134. The van der Waals surface area contributed by atoms with E-state index in [1.807, 2.05) is 13.8 Å². The van der Waals surface area contributed by atoms with Gasteiger partial charge in [0, 0.05) is 24.4 Å². The van der Waals surface area contributed by atoms with Gasteiger partial charge < -0.3 is 14.5 Å². The highest BCUT2D eigenvalue weighted by atomic mass is 16.6. The van der Waals surface area contributed by atoms with E-state index in [1.54, 1.807) is 0 Å². The van der Waals surface area contributed by atoms with Crippen LogP contribution in [0.4, 0.5) is 11.4 Å². The monoisotopic (exact) mass is 405 g/mol.